The lowest BCUT2D eigenvalue weighted by Crippen LogP contribution is -2.71. The molecule has 3 nitrogen and oxygen atoms in total. The van der Waals surface area contributed by atoms with Crippen LogP contribution in [-0.4, -0.2) is 8.07 Å². The van der Waals surface area contributed by atoms with Crippen LogP contribution in [0.1, 0.15) is 0 Å². The molecule has 0 radical (unpaired) electrons. The maximum atomic E-state index is 6.50. The first-order valence-corrected chi connectivity index (χ1v) is 14.5. The van der Waals surface area contributed by atoms with Crippen molar-refractivity contribution in [3.8, 4) is 34.1 Å². The topological polar surface area (TPSA) is 21.7 Å². The van der Waals surface area contributed by atoms with Crippen molar-refractivity contribution >= 4 is 40.7 Å². The zero-order valence-electron chi connectivity index (χ0n) is 19.2. The summed E-state index contributed by atoms with van der Waals surface area (Å²) in [6.07, 6.45) is 0. The molecule has 0 aromatic heterocycles. The Labute approximate surface area is 204 Å². The lowest BCUT2D eigenvalue weighted by atomic mass is 10.0. The van der Waals surface area contributed by atoms with Crippen LogP contribution in [0.4, 0.5) is 17.1 Å². The Hall–Kier alpha value is -4.28. The fourth-order valence-corrected chi connectivity index (χ4v) is 10.9. The number of anilines is 3. The molecule has 0 amide bonds. The summed E-state index contributed by atoms with van der Waals surface area (Å²) in [6.45, 7) is 2.46. The van der Waals surface area contributed by atoms with Gasteiger partial charge in [-0.3, -0.25) is 0 Å². The lowest BCUT2D eigenvalue weighted by molar-refractivity contribution is 0.463. The Morgan fingerprint density at radius 2 is 0.971 bits per heavy atom. The molecule has 3 aliphatic heterocycles. The van der Waals surface area contributed by atoms with E-state index >= 15 is 0 Å². The van der Waals surface area contributed by atoms with Crippen molar-refractivity contribution in [3.63, 3.8) is 0 Å². The maximum Gasteiger partial charge on any atom is 0.170 e. The summed E-state index contributed by atoms with van der Waals surface area (Å²) in [7, 11) is -2.34. The van der Waals surface area contributed by atoms with E-state index in [9.17, 15) is 0 Å². The molecule has 0 saturated carbocycles. The Bertz CT molecular complexity index is 1580. The summed E-state index contributed by atoms with van der Waals surface area (Å²) < 4.78 is 13.0. The molecule has 0 fully saturated rings. The Balaban J connectivity index is 1.39. The van der Waals surface area contributed by atoms with Crippen LogP contribution in [0.2, 0.25) is 6.55 Å². The van der Waals surface area contributed by atoms with Crippen molar-refractivity contribution in [2.45, 2.75) is 6.55 Å². The van der Waals surface area contributed by atoms with E-state index in [1.807, 2.05) is 6.07 Å². The van der Waals surface area contributed by atoms with Gasteiger partial charge >= 0.3 is 0 Å². The fourth-order valence-electron chi connectivity index (χ4n) is 6.21. The van der Waals surface area contributed by atoms with Crippen LogP contribution < -0.4 is 29.9 Å². The first-order valence-electron chi connectivity index (χ1n) is 12.0. The van der Waals surface area contributed by atoms with Gasteiger partial charge in [0.05, 0.1) is 0 Å². The lowest BCUT2D eigenvalue weighted by Gasteiger charge is -2.48. The number of nitrogens with zero attached hydrogens (tertiary/aromatic N) is 1. The average molecular weight is 468 g/mol. The number of benzene rings is 5. The minimum atomic E-state index is -2.34. The van der Waals surface area contributed by atoms with E-state index in [-0.39, 0.29) is 0 Å². The molecule has 3 aliphatic rings. The molecule has 0 saturated heterocycles. The predicted molar refractivity (Wildman–Crippen MR) is 144 cm³/mol. The van der Waals surface area contributed by atoms with Gasteiger partial charge in [-0.2, -0.15) is 0 Å². The molecule has 35 heavy (non-hydrogen) atoms. The highest BCUT2D eigenvalue weighted by Gasteiger charge is 2.54. The second kappa shape index (κ2) is 6.65. The number of hydrogen-bond donors (Lipinski definition) is 0. The molecule has 5 aromatic rings. The van der Waals surface area contributed by atoms with Gasteiger partial charge in [0.1, 0.15) is 23.0 Å². The van der Waals surface area contributed by atoms with Gasteiger partial charge in [-0.15, -0.1) is 0 Å². The fraction of sp³-hybridized carbons (Fsp3) is 0.0323. The largest absolute Gasteiger partial charge is 0.457 e. The van der Waals surface area contributed by atoms with Crippen molar-refractivity contribution in [2.75, 3.05) is 4.90 Å². The van der Waals surface area contributed by atoms with Gasteiger partial charge in [0.2, 0.25) is 0 Å². The number of ether oxygens (including phenoxy) is 2. The summed E-state index contributed by atoms with van der Waals surface area (Å²) in [4.78, 5) is 2.38. The summed E-state index contributed by atoms with van der Waals surface area (Å²) in [5, 5.41) is 3.91. The summed E-state index contributed by atoms with van der Waals surface area (Å²) in [6, 6.07) is 38.5. The zero-order valence-corrected chi connectivity index (χ0v) is 20.2. The van der Waals surface area contributed by atoms with E-state index in [4.69, 9.17) is 9.47 Å². The van der Waals surface area contributed by atoms with Gasteiger partial charge in [-0.05, 0) is 59.7 Å². The van der Waals surface area contributed by atoms with Crippen molar-refractivity contribution < 1.29 is 9.47 Å². The number of rotatable bonds is 2. The van der Waals surface area contributed by atoms with E-state index in [0.29, 0.717) is 0 Å². The quantitative estimate of drug-likeness (QED) is 0.273. The van der Waals surface area contributed by atoms with Crippen LogP contribution in [0.15, 0.2) is 109 Å². The predicted octanol–water partition coefficient (Wildman–Crippen LogP) is 6.45. The second-order valence-corrected chi connectivity index (χ2v) is 13.3. The molecule has 0 bridgehead atoms. The SMILES string of the molecule is C[Si]12c3c4cccc3Oc3cccc(c31)N(c1ccc(-c3ccccc3)cc1)c1cccc(c12)O4. The van der Waals surface area contributed by atoms with E-state index in [0.717, 1.165) is 28.7 Å². The van der Waals surface area contributed by atoms with Gasteiger partial charge in [0, 0.05) is 32.6 Å². The van der Waals surface area contributed by atoms with Gasteiger partial charge in [0.25, 0.3) is 0 Å². The highest BCUT2D eigenvalue weighted by molar-refractivity contribution is 7.14. The minimum absolute atomic E-state index is 0.933. The third kappa shape index (κ3) is 2.39. The molecule has 3 heterocycles. The monoisotopic (exact) mass is 467 g/mol. The van der Waals surface area contributed by atoms with Gasteiger partial charge < -0.3 is 14.4 Å². The summed E-state index contributed by atoms with van der Waals surface area (Å²) >= 11 is 0. The second-order valence-electron chi connectivity index (χ2n) is 9.51. The van der Waals surface area contributed by atoms with Crippen LogP contribution in [0.25, 0.3) is 11.1 Å². The first-order chi connectivity index (χ1) is 17.2. The van der Waals surface area contributed by atoms with Crippen molar-refractivity contribution in [1.82, 2.24) is 0 Å². The molecule has 4 heteroatoms. The molecular formula is C31H21NO2Si. The van der Waals surface area contributed by atoms with Crippen LogP contribution in [-0.2, 0) is 0 Å². The Morgan fingerprint density at radius 1 is 0.486 bits per heavy atom. The Morgan fingerprint density at radius 3 is 1.54 bits per heavy atom. The third-order valence-electron chi connectivity index (χ3n) is 7.65. The van der Waals surface area contributed by atoms with Crippen LogP contribution in [0.3, 0.4) is 0 Å². The molecule has 0 atom stereocenters. The normalized spacial score (nSPS) is 15.1. The molecule has 0 spiro atoms. The standard InChI is InChI=1S/C31H21NO2Si/c1-35-29-23-10-5-12-25(29)33-27-14-7-15-28(31(27)35)34-26-13-6-11-24(30(26)35)32(23)22-18-16-21(17-19-22)20-8-3-2-4-9-20/h2-19H,1H3. The zero-order chi connectivity index (χ0) is 23.1. The van der Waals surface area contributed by atoms with E-state index < -0.39 is 8.07 Å². The van der Waals surface area contributed by atoms with E-state index in [1.54, 1.807) is 0 Å². The average Bonchev–Trinajstić information content (AvgIpc) is 2.89. The highest BCUT2D eigenvalue weighted by atomic mass is 28.3. The van der Waals surface area contributed by atoms with Crippen molar-refractivity contribution in [2.24, 2.45) is 0 Å². The smallest absolute Gasteiger partial charge is 0.170 e. The van der Waals surface area contributed by atoms with Crippen LogP contribution >= 0.6 is 0 Å². The number of hydrogen-bond acceptors (Lipinski definition) is 3. The maximum absolute atomic E-state index is 6.50. The summed E-state index contributed by atoms with van der Waals surface area (Å²) in [5.74, 6) is 3.80. The van der Waals surface area contributed by atoms with Gasteiger partial charge in [-0.1, -0.05) is 67.2 Å². The highest BCUT2D eigenvalue weighted by Crippen LogP contribution is 2.48. The summed E-state index contributed by atoms with van der Waals surface area (Å²) in [5.41, 5.74) is 5.97. The molecule has 8 rings (SSSR count). The molecule has 0 aliphatic carbocycles. The van der Waals surface area contributed by atoms with E-state index in [1.165, 1.54) is 38.1 Å². The molecule has 0 N–H and O–H groups in total. The molecule has 5 aromatic carbocycles. The minimum Gasteiger partial charge on any atom is -0.457 e. The van der Waals surface area contributed by atoms with E-state index in [2.05, 4.69) is 115 Å². The van der Waals surface area contributed by atoms with Crippen molar-refractivity contribution in [1.29, 1.82) is 0 Å². The molecular weight excluding hydrogens is 446 g/mol. The van der Waals surface area contributed by atoms with Crippen molar-refractivity contribution in [3.05, 3.63) is 109 Å². The third-order valence-corrected chi connectivity index (χ3v) is 12.1. The first kappa shape index (κ1) is 19.1. The van der Waals surface area contributed by atoms with Gasteiger partial charge in [0.15, 0.2) is 8.07 Å². The molecule has 166 valence electrons. The van der Waals surface area contributed by atoms with Crippen LogP contribution in [0, 0.1) is 0 Å². The Kier molecular flexibility index (Phi) is 3.62. The van der Waals surface area contributed by atoms with Crippen LogP contribution in [0.5, 0.6) is 23.0 Å². The molecule has 0 unspecified atom stereocenters. The van der Waals surface area contributed by atoms with Gasteiger partial charge in [-0.25, -0.2) is 0 Å².